The summed E-state index contributed by atoms with van der Waals surface area (Å²) in [7, 11) is 0. The topological polar surface area (TPSA) is 54.9 Å². The summed E-state index contributed by atoms with van der Waals surface area (Å²) in [4.78, 5) is 12.2. The third-order valence-corrected chi connectivity index (χ3v) is 4.83. The number of thioether (sulfide) groups is 1. The number of benzene rings is 1. The number of rotatable bonds is 5. The molecule has 1 aromatic carbocycles. The summed E-state index contributed by atoms with van der Waals surface area (Å²) in [6, 6.07) is 6.12. The lowest BCUT2D eigenvalue weighted by Gasteiger charge is -2.13. The Hall–Kier alpha value is -1.47. The zero-order valence-electron chi connectivity index (χ0n) is 11.1. The Bertz CT molecular complexity index is 603. The third kappa shape index (κ3) is 3.77. The number of carbonyl (C=O) groups is 1. The smallest absolute Gasteiger partial charge is 0.238 e. The molecule has 106 valence electrons. The predicted molar refractivity (Wildman–Crippen MR) is 79.6 cm³/mol. The van der Waals surface area contributed by atoms with E-state index in [0.717, 1.165) is 9.35 Å². The van der Waals surface area contributed by atoms with E-state index in [1.807, 2.05) is 13.8 Å². The normalized spacial score (nSPS) is 12.2. The van der Waals surface area contributed by atoms with Crippen LogP contribution in [0.5, 0.6) is 0 Å². The van der Waals surface area contributed by atoms with Crippen LogP contribution in [0.15, 0.2) is 28.6 Å². The van der Waals surface area contributed by atoms with E-state index in [1.54, 1.807) is 18.2 Å². The second kappa shape index (κ2) is 6.81. The van der Waals surface area contributed by atoms with Gasteiger partial charge in [0.25, 0.3) is 0 Å². The lowest BCUT2D eigenvalue weighted by molar-refractivity contribution is -0.115. The Kier molecular flexibility index (Phi) is 5.08. The lowest BCUT2D eigenvalue weighted by atomic mass is 10.2. The molecule has 1 N–H and O–H groups in total. The molecule has 0 saturated carbocycles. The summed E-state index contributed by atoms with van der Waals surface area (Å²) < 4.78 is 14.3. The van der Waals surface area contributed by atoms with Crippen molar-refractivity contribution >= 4 is 34.7 Å². The van der Waals surface area contributed by atoms with Crippen LogP contribution in [-0.2, 0) is 4.79 Å². The maximum absolute atomic E-state index is 13.5. The Labute approximate surface area is 124 Å². The molecule has 2 aromatic rings. The SMILES string of the molecule is CCC(Sc1nnc(C)s1)C(=O)Nc1ccccc1F. The Morgan fingerprint density at radius 1 is 1.45 bits per heavy atom. The number of aromatic nitrogens is 2. The number of halogens is 1. The summed E-state index contributed by atoms with van der Waals surface area (Å²) in [5.74, 6) is -0.664. The molecular weight excluding hydrogens is 297 g/mol. The van der Waals surface area contributed by atoms with Gasteiger partial charge in [-0.3, -0.25) is 4.79 Å². The van der Waals surface area contributed by atoms with Crippen LogP contribution >= 0.6 is 23.1 Å². The van der Waals surface area contributed by atoms with Gasteiger partial charge < -0.3 is 5.32 Å². The predicted octanol–water partition coefficient (Wildman–Crippen LogP) is 3.50. The molecule has 1 aromatic heterocycles. The van der Waals surface area contributed by atoms with Gasteiger partial charge in [-0.25, -0.2) is 4.39 Å². The minimum absolute atomic E-state index is 0.199. The molecule has 7 heteroatoms. The second-order valence-corrected chi connectivity index (χ2v) is 6.70. The van der Waals surface area contributed by atoms with Gasteiger partial charge in [-0.05, 0) is 25.5 Å². The number of carbonyl (C=O) groups excluding carboxylic acids is 1. The molecule has 0 fully saturated rings. The van der Waals surface area contributed by atoms with E-state index in [-0.39, 0.29) is 16.8 Å². The van der Waals surface area contributed by atoms with Crippen molar-refractivity contribution < 1.29 is 9.18 Å². The summed E-state index contributed by atoms with van der Waals surface area (Å²) in [5, 5.41) is 11.1. The van der Waals surface area contributed by atoms with Crippen LogP contribution < -0.4 is 5.32 Å². The van der Waals surface area contributed by atoms with Crippen LogP contribution in [-0.4, -0.2) is 21.4 Å². The van der Waals surface area contributed by atoms with Crippen LogP contribution in [0.1, 0.15) is 18.4 Å². The molecular formula is C13H14FN3OS2. The average molecular weight is 311 g/mol. The van der Waals surface area contributed by atoms with E-state index in [1.165, 1.54) is 29.2 Å². The van der Waals surface area contributed by atoms with Crippen LogP contribution in [0.4, 0.5) is 10.1 Å². The van der Waals surface area contributed by atoms with Crippen LogP contribution in [0.3, 0.4) is 0 Å². The zero-order valence-corrected chi connectivity index (χ0v) is 12.7. The fourth-order valence-electron chi connectivity index (χ4n) is 1.55. The van der Waals surface area contributed by atoms with Crippen molar-refractivity contribution in [3.63, 3.8) is 0 Å². The fraction of sp³-hybridized carbons (Fsp3) is 0.308. The molecule has 4 nitrogen and oxygen atoms in total. The van der Waals surface area contributed by atoms with E-state index < -0.39 is 5.82 Å². The number of para-hydroxylation sites is 1. The Morgan fingerprint density at radius 2 is 2.20 bits per heavy atom. The first-order valence-electron chi connectivity index (χ1n) is 6.12. The maximum Gasteiger partial charge on any atom is 0.238 e. The lowest BCUT2D eigenvalue weighted by Crippen LogP contribution is -2.25. The molecule has 0 aliphatic carbocycles. The monoisotopic (exact) mass is 311 g/mol. The maximum atomic E-state index is 13.5. The summed E-state index contributed by atoms with van der Waals surface area (Å²) in [6.07, 6.45) is 0.629. The first-order chi connectivity index (χ1) is 9.60. The number of nitrogens with zero attached hydrogens (tertiary/aromatic N) is 2. The molecule has 20 heavy (non-hydrogen) atoms. The molecule has 1 unspecified atom stereocenters. The molecule has 1 heterocycles. The first kappa shape index (κ1) is 14.9. The highest BCUT2D eigenvalue weighted by molar-refractivity contribution is 8.02. The highest BCUT2D eigenvalue weighted by Gasteiger charge is 2.20. The van der Waals surface area contributed by atoms with E-state index in [4.69, 9.17) is 0 Å². The number of anilines is 1. The first-order valence-corrected chi connectivity index (χ1v) is 7.82. The molecule has 0 spiro atoms. The highest BCUT2D eigenvalue weighted by Crippen LogP contribution is 2.29. The highest BCUT2D eigenvalue weighted by atomic mass is 32.2. The number of nitrogens with one attached hydrogen (secondary N) is 1. The van der Waals surface area contributed by atoms with Gasteiger partial charge >= 0.3 is 0 Å². The summed E-state index contributed by atoms with van der Waals surface area (Å²) in [6.45, 7) is 3.77. The summed E-state index contributed by atoms with van der Waals surface area (Å²) >= 11 is 2.80. The van der Waals surface area contributed by atoms with Crippen molar-refractivity contribution in [1.29, 1.82) is 0 Å². The van der Waals surface area contributed by atoms with E-state index >= 15 is 0 Å². The van der Waals surface area contributed by atoms with Crippen molar-refractivity contribution in [1.82, 2.24) is 10.2 Å². The van der Waals surface area contributed by atoms with Crippen molar-refractivity contribution in [3.8, 4) is 0 Å². The molecule has 0 bridgehead atoms. The van der Waals surface area contributed by atoms with Crippen LogP contribution in [0, 0.1) is 12.7 Å². The average Bonchev–Trinajstić information content (AvgIpc) is 2.84. The van der Waals surface area contributed by atoms with Crippen molar-refractivity contribution in [2.45, 2.75) is 29.9 Å². The molecule has 0 saturated heterocycles. The van der Waals surface area contributed by atoms with Crippen LogP contribution in [0.2, 0.25) is 0 Å². The largest absolute Gasteiger partial charge is 0.323 e. The van der Waals surface area contributed by atoms with Crippen LogP contribution in [0.25, 0.3) is 0 Å². The third-order valence-electron chi connectivity index (χ3n) is 2.55. The van der Waals surface area contributed by atoms with Gasteiger partial charge in [0.05, 0.1) is 10.9 Å². The second-order valence-electron chi connectivity index (χ2n) is 4.07. The van der Waals surface area contributed by atoms with E-state index in [2.05, 4.69) is 15.5 Å². The van der Waals surface area contributed by atoms with E-state index in [0.29, 0.717) is 6.42 Å². The van der Waals surface area contributed by atoms with Gasteiger partial charge in [0.15, 0.2) is 4.34 Å². The molecule has 2 rings (SSSR count). The molecule has 1 atom stereocenters. The minimum atomic E-state index is -0.438. The molecule has 0 radical (unpaired) electrons. The van der Waals surface area contributed by atoms with Crippen molar-refractivity contribution in [2.75, 3.05) is 5.32 Å². The number of hydrogen-bond donors (Lipinski definition) is 1. The summed E-state index contributed by atoms with van der Waals surface area (Å²) in [5.41, 5.74) is 0.199. The molecule has 0 aliphatic heterocycles. The number of amides is 1. The van der Waals surface area contributed by atoms with Crippen molar-refractivity contribution in [3.05, 3.63) is 35.1 Å². The fourth-order valence-corrected chi connectivity index (χ4v) is 3.53. The van der Waals surface area contributed by atoms with Gasteiger partial charge in [0.2, 0.25) is 5.91 Å². The quantitative estimate of drug-likeness (QED) is 0.859. The van der Waals surface area contributed by atoms with Gasteiger partial charge in [0.1, 0.15) is 10.8 Å². The number of hydrogen-bond acceptors (Lipinski definition) is 5. The number of aryl methyl sites for hydroxylation is 1. The van der Waals surface area contributed by atoms with Gasteiger partial charge in [-0.2, -0.15) is 0 Å². The minimum Gasteiger partial charge on any atom is -0.323 e. The van der Waals surface area contributed by atoms with Gasteiger partial charge in [-0.15, -0.1) is 10.2 Å². The standard InChI is InChI=1S/C13H14FN3OS2/c1-3-11(20-13-17-16-8(2)19-13)12(18)15-10-7-5-4-6-9(10)14/h4-7,11H,3H2,1-2H3,(H,15,18). The molecule has 1 amide bonds. The van der Waals surface area contributed by atoms with Gasteiger partial charge in [0, 0.05) is 0 Å². The van der Waals surface area contributed by atoms with Gasteiger partial charge in [-0.1, -0.05) is 42.2 Å². The Morgan fingerprint density at radius 3 is 2.80 bits per heavy atom. The van der Waals surface area contributed by atoms with Crippen molar-refractivity contribution in [2.24, 2.45) is 0 Å². The Balaban J connectivity index is 2.04. The van der Waals surface area contributed by atoms with E-state index in [9.17, 15) is 9.18 Å². The zero-order chi connectivity index (χ0) is 14.5. The molecule has 0 aliphatic rings.